The molecular weight excluding hydrogens is 464 g/mol. The number of amides is 1. The van der Waals surface area contributed by atoms with E-state index in [0.29, 0.717) is 28.2 Å². The maximum atomic E-state index is 12.4. The first kappa shape index (κ1) is 22.0. The van der Waals surface area contributed by atoms with Crippen molar-refractivity contribution in [2.45, 2.75) is 0 Å². The normalized spacial score (nSPS) is 10.5. The first-order valence-electron chi connectivity index (χ1n) is 9.14. The fourth-order valence-corrected chi connectivity index (χ4v) is 3.03. The van der Waals surface area contributed by atoms with Crippen LogP contribution in [0, 0.1) is 0 Å². The lowest BCUT2D eigenvalue weighted by Gasteiger charge is -2.10. The molecule has 0 aliphatic carbocycles. The van der Waals surface area contributed by atoms with E-state index < -0.39 is 11.9 Å². The molecule has 0 radical (unpaired) electrons. The Labute approximate surface area is 187 Å². The van der Waals surface area contributed by atoms with Gasteiger partial charge in [0.1, 0.15) is 5.75 Å². The molecule has 158 valence electrons. The molecule has 8 heteroatoms. The zero-order valence-electron chi connectivity index (χ0n) is 16.8. The quantitative estimate of drug-likeness (QED) is 0.232. The van der Waals surface area contributed by atoms with E-state index in [1.165, 1.54) is 20.4 Å². The van der Waals surface area contributed by atoms with Crippen molar-refractivity contribution in [1.29, 1.82) is 0 Å². The Morgan fingerprint density at radius 2 is 1.61 bits per heavy atom. The third kappa shape index (κ3) is 5.70. The number of methoxy groups -OCH3 is 2. The summed E-state index contributed by atoms with van der Waals surface area (Å²) in [5.74, 6) is 0.150. The van der Waals surface area contributed by atoms with E-state index in [0.717, 1.165) is 4.47 Å². The van der Waals surface area contributed by atoms with Crippen LogP contribution in [0.25, 0.3) is 0 Å². The van der Waals surface area contributed by atoms with Crippen molar-refractivity contribution < 1.29 is 23.8 Å². The van der Waals surface area contributed by atoms with E-state index in [1.807, 2.05) is 6.07 Å². The van der Waals surface area contributed by atoms with Crippen LogP contribution in [0.3, 0.4) is 0 Å². The number of hydrogen-bond acceptors (Lipinski definition) is 6. The molecule has 0 aliphatic rings. The van der Waals surface area contributed by atoms with Crippen LogP contribution in [0.4, 0.5) is 0 Å². The smallest absolute Gasteiger partial charge is 0.343 e. The van der Waals surface area contributed by atoms with Crippen LogP contribution < -0.4 is 19.6 Å². The van der Waals surface area contributed by atoms with Gasteiger partial charge in [-0.3, -0.25) is 4.79 Å². The van der Waals surface area contributed by atoms with Crippen molar-refractivity contribution in [2.75, 3.05) is 14.2 Å². The van der Waals surface area contributed by atoms with Crippen molar-refractivity contribution in [1.82, 2.24) is 5.43 Å². The van der Waals surface area contributed by atoms with E-state index in [-0.39, 0.29) is 5.75 Å². The van der Waals surface area contributed by atoms with Gasteiger partial charge in [0.2, 0.25) is 0 Å². The standard InChI is InChI=1S/C23H19BrN2O5/c1-29-19-11-9-17(24)13-18(19)22(27)26-25-14-15-8-10-20(21(12-15)30-2)31-23(28)16-6-4-3-5-7-16/h3-14H,1-2H3,(H,26,27)/b25-14-. The minimum absolute atomic E-state index is 0.274. The lowest BCUT2D eigenvalue weighted by molar-refractivity contribution is 0.0729. The largest absolute Gasteiger partial charge is 0.496 e. The number of carbonyl (C=O) groups excluding carboxylic acids is 2. The van der Waals surface area contributed by atoms with Gasteiger partial charge in [-0.15, -0.1) is 0 Å². The zero-order chi connectivity index (χ0) is 22.2. The Balaban J connectivity index is 1.70. The Bertz CT molecular complexity index is 1120. The summed E-state index contributed by atoms with van der Waals surface area (Å²) in [4.78, 5) is 24.7. The van der Waals surface area contributed by atoms with E-state index in [2.05, 4.69) is 26.5 Å². The van der Waals surface area contributed by atoms with Gasteiger partial charge in [0, 0.05) is 4.47 Å². The van der Waals surface area contributed by atoms with E-state index in [9.17, 15) is 9.59 Å². The van der Waals surface area contributed by atoms with Crippen LogP contribution in [0.15, 0.2) is 76.3 Å². The molecule has 3 aromatic carbocycles. The number of benzene rings is 3. The van der Waals surface area contributed by atoms with Crippen molar-refractivity contribution in [3.8, 4) is 17.2 Å². The Morgan fingerprint density at radius 3 is 2.32 bits per heavy atom. The van der Waals surface area contributed by atoms with Crippen molar-refractivity contribution in [3.63, 3.8) is 0 Å². The number of carbonyl (C=O) groups is 2. The molecule has 0 aromatic heterocycles. The molecule has 0 aliphatic heterocycles. The first-order valence-corrected chi connectivity index (χ1v) is 9.93. The number of esters is 1. The molecule has 1 N–H and O–H groups in total. The predicted molar refractivity (Wildman–Crippen MR) is 120 cm³/mol. The van der Waals surface area contributed by atoms with Gasteiger partial charge in [0.15, 0.2) is 11.5 Å². The van der Waals surface area contributed by atoms with Crippen LogP contribution in [0.5, 0.6) is 17.2 Å². The van der Waals surface area contributed by atoms with Gasteiger partial charge in [-0.25, -0.2) is 10.2 Å². The highest BCUT2D eigenvalue weighted by atomic mass is 79.9. The van der Waals surface area contributed by atoms with E-state index in [4.69, 9.17) is 14.2 Å². The minimum Gasteiger partial charge on any atom is -0.496 e. The molecule has 0 fully saturated rings. The summed E-state index contributed by atoms with van der Waals surface area (Å²) in [6.07, 6.45) is 1.45. The third-order valence-corrected chi connectivity index (χ3v) is 4.68. The monoisotopic (exact) mass is 482 g/mol. The van der Waals surface area contributed by atoms with Crippen LogP contribution in [-0.2, 0) is 0 Å². The summed E-state index contributed by atoms with van der Waals surface area (Å²) >= 11 is 3.33. The molecule has 0 atom stereocenters. The van der Waals surface area contributed by atoms with E-state index in [1.54, 1.807) is 60.7 Å². The summed E-state index contributed by atoms with van der Waals surface area (Å²) < 4.78 is 16.7. The second-order valence-electron chi connectivity index (χ2n) is 6.21. The second kappa shape index (κ2) is 10.4. The highest BCUT2D eigenvalue weighted by molar-refractivity contribution is 9.10. The van der Waals surface area contributed by atoms with Gasteiger partial charge in [-0.05, 0) is 54.1 Å². The molecule has 0 saturated carbocycles. The maximum absolute atomic E-state index is 12.4. The van der Waals surface area contributed by atoms with Gasteiger partial charge < -0.3 is 14.2 Å². The Hall–Kier alpha value is -3.65. The summed E-state index contributed by atoms with van der Waals surface area (Å²) in [5.41, 5.74) is 3.87. The number of halogens is 1. The van der Waals surface area contributed by atoms with Crippen LogP contribution in [-0.4, -0.2) is 32.3 Å². The molecule has 31 heavy (non-hydrogen) atoms. The molecule has 0 heterocycles. The Kier molecular flexibility index (Phi) is 7.40. The SMILES string of the molecule is COc1cc(/C=N\NC(=O)c2cc(Br)ccc2OC)ccc1OC(=O)c1ccccc1. The van der Waals surface area contributed by atoms with Crippen LogP contribution in [0.2, 0.25) is 0 Å². The molecule has 7 nitrogen and oxygen atoms in total. The average Bonchev–Trinajstić information content (AvgIpc) is 2.80. The van der Waals surface area contributed by atoms with E-state index >= 15 is 0 Å². The zero-order valence-corrected chi connectivity index (χ0v) is 18.4. The summed E-state index contributed by atoms with van der Waals surface area (Å²) in [6, 6.07) is 18.7. The summed E-state index contributed by atoms with van der Waals surface area (Å²) in [6.45, 7) is 0. The number of nitrogens with one attached hydrogen (secondary N) is 1. The lowest BCUT2D eigenvalue weighted by atomic mass is 10.2. The third-order valence-electron chi connectivity index (χ3n) is 4.19. The number of nitrogens with zero attached hydrogens (tertiary/aromatic N) is 1. The molecular formula is C23H19BrN2O5. The van der Waals surface area contributed by atoms with Gasteiger partial charge in [0.05, 0.1) is 31.6 Å². The van der Waals surface area contributed by atoms with Gasteiger partial charge >= 0.3 is 5.97 Å². The lowest BCUT2D eigenvalue weighted by Crippen LogP contribution is -2.18. The second-order valence-corrected chi connectivity index (χ2v) is 7.13. The van der Waals surface area contributed by atoms with Gasteiger partial charge in [0.25, 0.3) is 5.91 Å². The minimum atomic E-state index is -0.490. The topological polar surface area (TPSA) is 86.2 Å². The Morgan fingerprint density at radius 1 is 0.903 bits per heavy atom. The fraction of sp³-hybridized carbons (Fsp3) is 0.0870. The van der Waals surface area contributed by atoms with Crippen LogP contribution in [0.1, 0.15) is 26.3 Å². The number of rotatable bonds is 7. The van der Waals surface area contributed by atoms with Crippen LogP contribution >= 0.6 is 15.9 Å². The maximum Gasteiger partial charge on any atom is 0.343 e. The molecule has 0 spiro atoms. The summed E-state index contributed by atoms with van der Waals surface area (Å²) in [7, 11) is 2.96. The fourth-order valence-electron chi connectivity index (χ4n) is 2.67. The van der Waals surface area contributed by atoms with Crippen molar-refractivity contribution in [2.24, 2.45) is 5.10 Å². The van der Waals surface area contributed by atoms with Gasteiger partial charge in [-0.1, -0.05) is 34.1 Å². The van der Waals surface area contributed by atoms with Gasteiger partial charge in [-0.2, -0.15) is 5.10 Å². The number of hydrogen-bond donors (Lipinski definition) is 1. The number of ether oxygens (including phenoxy) is 3. The molecule has 0 saturated heterocycles. The molecule has 3 aromatic rings. The molecule has 0 unspecified atom stereocenters. The predicted octanol–water partition coefficient (Wildman–Crippen LogP) is 4.45. The molecule has 0 bridgehead atoms. The average molecular weight is 483 g/mol. The molecule has 1 amide bonds. The van der Waals surface area contributed by atoms with Crippen molar-refractivity contribution in [3.05, 3.63) is 87.9 Å². The highest BCUT2D eigenvalue weighted by Gasteiger charge is 2.13. The summed E-state index contributed by atoms with van der Waals surface area (Å²) in [5, 5.41) is 3.98. The number of hydrazone groups is 1. The first-order chi connectivity index (χ1) is 15.0. The highest BCUT2D eigenvalue weighted by Crippen LogP contribution is 2.28. The van der Waals surface area contributed by atoms with Crippen molar-refractivity contribution >= 4 is 34.0 Å². The molecule has 3 rings (SSSR count).